The summed E-state index contributed by atoms with van der Waals surface area (Å²) >= 11 is 3.67. The number of furan rings is 2. The van der Waals surface area contributed by atoms with E-state index in [1.165, 1.54) is 63.7 Å². The molecule has 8 heterocycles. The van der Waals surface area contributed by atoms with E-state index in [0.29, 0.717) is 34.9 Å². The topological polar surface area (TPSA) is 120 Å². The highest BCUT2D eigenvalue weighted by Gasteiger charge is 2.33. The minimum Gasteiger partial charge on any atom is -0.455 e. The van der Waals surface area contributed by atoms with E-state index >= 15 is 0 Å². The lowest BCUT2D eigenvalue weighted by atomic mass is 10.1. The third kappa shape index (κ3) is 11.1. The van der Waals surface area contributed by atoms with Gasteiger partial charge < -0.3 is 27.8 Å². The zero-order valence-corrected chi connectivity index (χ0v) is 63.5. The van der Waals surface area contributed by atoms with E-state index in [9.17, 15) is 0 Å². The fraction of sp³-hybridized carbons (Fsp3) is 0. The van der Waals surface area contributed by atoms with E-state index in [4.69, 9.17) is 38.7 Å². The van der Waals surface area contributed by atoms with Crippen molar-refractivity contribution in [3.8, 4) is 79.7 Å². The largest absolute Gasteiger partial charge is 0.455 e. The summed E-state index contributed by atoms with van der Waals surface area (Å²) < 4.78 is 18.4. The number of hydrogen-bond acceptors (Lipinski definition) is 12. The van der Waals surface area contributed by atoms with Crippen molar-refractivity contribution in [2.45, 2.75) is 19.6 Å². The van der Waals surface area contributed by atoms with Crippen molar-refractivity contribution in [1.29, 1.82) is 0 Å². The highest BCUT2D eigenvalue weighted by molar-refractivity contribution is 8.00. The molecular formula is C102H62N10O2S2. The molecule has 0 aliphatic carbocycles. The van der Waals surface area contributed by atoms with Crippen LogP contribution in [-0.4, -0.2) is 39.0 Å². The van der Waals surface area contributed by atoms with Crippen molar-refractivity contribution in [2.24, 2.45) is 0 Å². The molecule has 2 aliphatic heterocycles. The smallest absolute Gasteiger partial charge is 0.167 e. The van der Waals surface area contributed by atoms with Crippen LogP contribution in [0.25, 0.3) is 167 Å². The predicted octanol–water partition coefficient (Wildman–Crippen LogP) is 27.6. The van der Waals surface area contributed by atoms with Crippen molar-refractivity contribution in [2.75, 3.05) is 9.80 Å². The maximum Gasteiger partial charge on any atom is 0.167 e. The molecule has 0 unspecified atom stereocenters. The molecular weight excluding hydrogens is 1460 g/mol. The van der Waals surface area contributed by atoms with Gasteiger partial charge in [0, 0.05) is 103 Å². The van der Waals surface area contributed by atoms with Gasteiger partial charge in [0.2, 0.25) is 0 Å². The summed E-state index contributed by atoms with van der Waals surface area (Å²) in [6.07, 6.45) is 0. The van der Waals surface area contributed by atoms with Gasteiger partial charge in [-0.1, -0.05) is 278 Å². The Hall–Kier alpha value is -15.0. The van der Waals surface area contributed by atoms with Gasteiger partial charge >= 0.3 is 0 Å². The van der Waals surface area contributed by atoms with Crippen LogP contribution in [0.5, 0.6) is 0 Å². The molecule has 22 aromatic rings. The first-order chi connectivity index (χ1) is 57.5. The van der Waals surface area contributed by atoms with Gasteiger partial charge in [-0.05, 0) is 121 Å². The van der Waals surface area contributed by atoms with E-state index in [1.54, 1.807) is 0 Å². The van der Waals surface area contributed by atoms with Crippen molar-refractivity contribution in [3.05, 3.63) is 376 Å². The zero-order valence-electron chi connectivity index (χ0n) is 61.9. The van der Waals surface area contributed by atoms with Crippen LogP contribution in [0.3, 0.4) is 0 Å². The molecule has 116 heavy (non-hydrogen) atoms. The van der Waals surface area contributed by atoms with Gasteiger partial charge in [0.05, 0.1) is 60.8 Å². The summed E-state index contributed by atoms with van der Waals surface area (Å²) in [6.45, 7) is 0. The minimum atomic E-state index is 0.561. The van der Waals surface area contributed by atoms with Gasteiger partial charge in [-0.25, -0.2) is 29.9 Å². The van der Waals surface area contributed by atoms with E-state index in [2.05, 4.69) is 262 Å². The summed E-state index contributed by atoms with van der Waals surface area (Å²) in [5.41, 5.74) is 22.1. The van der Waals surface area contributed by atoms with Crippen molar-refractivity contribution in [1.82, 2.24) is 39.0 Å². The fourth-order valence-corrected chi connectivity index (χ4v) is 19.1. The van der Waals surface area contributed by atoms with Crippen LogP contribution in [0, 0.1) is 0 Å². The molecule has 0 saturated heterocycles. The third-order valence-electron chi connectivity index (χ3n) is 22.0. The third-order valence-corrected chi connectivity index (χ3v) is 24.3. The Morgan fingerprint density at radius 3 is 1.10 bits per heavy atom. The molecule has 544 valence electrons. The lowest BCUT2D eigenvalue weighted by molar-refractivity contribution is 0.669. The van der Waals surface area contributed by atoms with E-state index in [0.717, 1.165) is 122 Å². The number of aromatic nitrogens is 8. The summed E-state index contributed by atoms with van der Waals surface area (Å²) in [7, 11) is 0. The van der Waals surface area contributed by atoms with E-state index in [1.807, 2.05) is 157 Å². The van der Waals surface area contributed by atoms with Gasteiger partial charge in [-0.2, -0.15) is 0 Å². The molecule has 16 aromatic carbocycles. The molecule has 0 amide bonds. The van der Waals surface area contributed by atoms with Crippen LogP contribution >= 0.6 is 23.5 Å². The molecule has 2 aliphatic rings. The second-order valence-electron chi connectivity index (χ2n) is 28.8. The van der Waals surface area contributed by atoms with Gasteiger partial charge in [-0.3, -0.25) is 0 Å². The second-order valence-corrected chi connectivity index (χ2v) is 30.9. The van der Waals surface area contributed by atoms with Crippen molar-refractivity contribution >= 4 is 145 Å². The monoisotopic (exact) mass is 1520 g/mol. The maximum absolute atomic E-state index is 6.76. The zero-order chi connectivity index (χ0) is 76.3. The molecule has 14 heteroatoms. The standard InChI is InChI=1S/2C51H31N5OS/c1-4-15-32(16-5-1)49-52-50(33-17-6-2-7-18-33)54-51(53-49)39-23-14-22-38-40-31-35(27-30-44(40)57-47(38)39)56-41-24-11-10-21-36(41)37-28-29-43-48(46(37)56)58-45-26-13-12-25-42(45)55(43)34-19-8-3-9-20-34;1-4-15-32(16-5-1)49-52-50(33-17-6-2-7-18-33)54-51(53-49)39-23-14-22-38-40-31-35(27-29-43(40)57-48(38)39)56-41-24-11-10-21-36(41)37-28-30-45-47(46(37)56)55(34-19-8-3-9-20-34)42-25-12-13-26-44(42)58-45/h2*1-31H. The first-order valence-corrected chi connectivity index (χ1v) is 40.2. The number of para-hydroxylation sites is 8. The Bertz CT molecular complexity index is 7550. The maximum atomic E-state index is 6.76. The normalized spacial score (nSPS) is 12.4. The van der Waals surface area contributed by atoms with Gasteiger partial charge in [0.1, 0.15) is 22.3 Å². The average Bonchev–Trinajstić information content (AvgIpc) is 1.54. The minimum absolute atomic E-state index is 0.561. The number of rotatable bonds is 10. The number of fused-ring (bicyclic) bond motifs is 18. The molecule has 0 saturated carbocycles. The number of nitrogens with zero attached hydrogens (tertiary/aromatic N) is 10. The molecule has 24 rings (SSSR count). The summed E-state index contributed by atoms with van der Waals surface area (Å²) in [4.78, 5) is 39.7. The Balaban J connectivity index is 0.000000137. The predicted molar refractivity (Wildman–Crippen MR) is 473 cm³/mol. The number of hydrogen-bond donors (Lipinski definition) is 0. The van der Waals surface area contributed by atoms with Crippen LogP contribution in [0.2, 0.25) is 0 Å². The van der Waals surface area contributed by atoms with E-state index < -0.39 is 0 Å². The molecule has 12 nitrogen and oxygen atoms in total. The van der Waals surface area contributed by atoms with Crippen molar-refractivity contribution < 1.29 is 8.83 Å². The van der Waals surface area contributed by atoms with Crippen LogP contribution in [0.4, 0.5) is 34.1 Å². The highest BCUT2D eigenvalue weighted by Crippen LogP contribution is 2.58. The van der Waals surface area contributed by atoms with E-state index in [-0.39, 0.29) is 0 Å². The quantitative estimate of drug-likeness (QED) is 0.130. The molecule has 6 aromatic heterocycles. The SMILES string of the molecule is c1ccc(-c2nc(-c3ccccc3)nc(-c3cccc4c3oc3ccc(-n5c6ccccc6c6ccc7c(c65)N(c5ccccc5)c5ccccc5S7)cc34)n2)cc1.c1ccc(-c2nc(-c3ccccc3)nc(-c3cccc4c3oc3ccc(-n5c6ccccc6c6ccc7c(c65)Sc5ccccc5N7c5ccccc5)cc34)n2)cc1. The summed E-state index contributed by atoms with van der Waals surface area (Å²) in [5.74, 6) is 3.57. The second kappa shape index (κ2) is 27.5. The van der Waals surface area contributed by atoms with Crippen LogP contribution < -0.4 is 9.80 Å². The molecule has 0 spiro atoms. The fourth-order valence-electron chi connectivity index (χ4n) is 16.8. The molecule has 0 bridgehead atoms. The molecule has 0 fully saturated rings. The number of anilines is 6. The van der Waals surface area contributed by atoms with Crippen LogP contribution in [-0.2, 0) is 0 Å². The lowest BCUT2D eigenvalue weighted by Gasteiger charge is -2.34. The summed E-state index contributed by atoms with van der Waals surface area (Å²) in [5, 5.41) is 8.87. The lowest BCUT2D eigenvalue weighted by Crippen LogP contribution is -2.16. The molecule has 0 atom stereocenters. The highest BCUT2D eigenvalue weighted by atomic mass is 32.2. The van der Waals surface area contributed by atoms with Crippen molar-refractivity contribution in [3.63, 3.8) is 0 Å². The van der Waals surface area contributed by atoms with Gasteiger partial charge in [-0.15, -0.1) is 0 Å². The average molecular weight is 1520 g/mol. The van der Waals surface area contributed by atoms with Crippen LogP contribution in [0.1, 0.15) is 0 Å². The first kappa shape index (κ1) is 66.8. The Morgan fingerprint density at radius 1 is 0.233 bits per heavy atom. The van der Waals surface area contributed by atoms with Gasteiger partial charge in [0.25, 0.3) is 0 Å². The Kier molecular flexibility index (Phi) is 15.8. The van der Waals surface area contributed by atoms with Crippen LogP contribution in [0.15, 0.2) is 405 Å². The first-order valence-electron chi connectivity index (χ1n) is 38.6. The summed E-state index contributed by atoms with van der Waals surface area (Å²) in [6, 6.07) is 131. The van der Waals surface area contributed by atoms with Gasteiger partial charge in [0.15, 0.2) is 34.9 Å². The molecule has 0 N–H and O–H groups in total. The Labute approximate surface area is 673 Å². The molecule has 0 radical (unpaired) electrons. The number of benzene rings is 16. The Morgan fingerprint density at radius 2 is 0.612 bits per heavy atom.